The van der Waals surface area contributed by atoms with E-state index in [1.165, 1.54) is 0 Å². The standard InChI is InChI=1S/C17H16N4O2/c1-3-17(18-20-21-19-17)15-9-13(8-14(10-15)16(22)23)12-6-4-11(2)5-7-12/h4-10H,3H2,1-2H3,(H,22,23). The zero-order chi connectivity index (χ0) is 16.4. The van der Waals surface area contributed by atoms with Gasteiger partial charge in [0.2, 0.25) is 5.66 Å². The average molecular weight is 308 g/mol. The van der Waals surface area contributed by atoms with E-state index < -0.39 is 11.6 Å². The van der Waals surface area contributed by atoms with Crippen molar-refractivity contribution in [1.29, 1.82) is 0 Å². The van der Waals surface area contributed by atoms with Crippen LogP contribution in [-0.2, 0) is 5.66 Å². The molecule has 1 heterocycles. The van der Waals surface area contributed by atoms with E-state index >= 15 is 0 Å². The quantitative estimate of drug-likeness (QED) is 0.883. The van der Waals surface area contributed by atoms with Gasteiger partial charge in [-0.3, -0.25) is 0 Å². The molecule has 2 aromatic carbocycles. The van der Waals surface area contributed by atoms with Crippen LogP contribution in [0, 0.1) is 6.92 Å². The minimum atomic E-state index is -0.988. The molecule has 1 aliphatic heterocycles. The second-order valence-corrected chi connectivity index (χ2v) is 5.52. The van der Waals surface area contributed by atoms with Crippen LogP contribution >= 0.6 is 0 Å². The van der Waals surface area contributed by atoms with E-state index in [4.69, 9.17) is 0 Å². The van der Waals surface area contributed by atoms with E-state index in [0.717, 1.165) is 16.7 Å². The van der Waals surface area contributed by atoms with Crippen LogP contribution in [0.2, 0.25) is 0 Å². The van der Waals surface area contributed by atoms with Gasteiger partial charge in [-0.05, 0) is 53.1 Å². The van der Waals surface area contributed by atoms with E-state index in [1.807, 2.05) is 44.2 Å². The molecular weight excluding hydrogens is 292 g/mol. The van der Waals surface area contributed by atoms with Gasteiger partial charge in [0, 0.05) is 5.56 Å². The number of rotatable bonds is 4. The molecule has 0 saturated carbocycles. The molecule has 0 aliphatic carbocycles. The average Bonchev–Trinajstić information content (AvgIpc) is 3.05. The number of nitrogens with zero attached hydrogens (tertiary/aromatic N) is 4. The van der Waals surface area contributed by atoms with Gasteiger partial charge in [-0.1, -0.05) is 36.8 Å². The lowest BCUT2D eigenvalue weighted by Gasteiger charge is -2.19. The van der Waals surface area contributed by atoms with Crippen LogP contribution < -0.4 is 0 Å². The number of carbonyl (C=O) groups is 1. The molecule has 23 heavy (non-hydrogen) atoms. The molecule has 0 spiro atoms. The Morgan fingerprint density at radius 3 is 2.26 bits per heavy atom. The Morgan fingerprint density at radius 2 is 1.70 bits per heavy atom. The van der Waals surface area contributed by atoms with Gasteiger partial charge < -0.3 is 5.11 Å². The largest absolute Gasteiger partial charge is 0.478 e. The third-order valence-electron chi connectivity index (χ3n) is 3.98. The van der Waals surface area contributed by atoms with Gasteiger partial charge in [0.05, 0.1) is 5.56 Å². The van der Waals surface area contributed by atoms with Gasteiger partial charge >= 0.3 is 5.97 Å². The van der Waals surface area contributed by atoms with Crippen molar-refractivity contribution in [3.8, 4) is 11.1 Å². The Bertz CT molecular complexity index is 798. The maximum atomic E-state index is 11.5. The third kappa shape index (κ3) is 2.75. The van der Waals surface area contributed by atoms with Crippen molar-refractivity contribution in [2.24, 2.45) is 20.7 Å². The summed E-state index contributed by atoms with van der Waals surface area (Å²) in [5.74, 6) is -0.988. The third-order valence-corrected chi connectivity index (χ3v) is 3.98. The van der Waals surface area contributed by atoms with Gasteiger partial charge in [0.15, 0.2) is 0 Å². The highest BCUT2D eigenvalue weighted by atomic mass is 16.4. The van der Waals surface area contributed by atoms with Crippen LogP contribution in [-0.4, -0.2) is 11.1 Å². The normalized spacial score (nSPS) is 15.0. The van der Waals surface area contributed by atoms with Crippen molar-refractivity contribution < 1.29 is 9.90 Å². The molecule has 116 valence electrons. The number of hydrogen-bond acceptors (Lipinski definition) is 5. The van der Waals surface area contributed by atoms with Crippen LogP contribution in [0.4, 0.5) is 0 Å². The molecule has 3 rings (SSSR count). The fourth-order valence-electron chi connectivity index (χ4n) is 2.56. The molecule has 0 saturated heterocycles. The summed E-state index contributed by atoms with van der Waals surface area (Å²) >= 11 is 0. The highest BCUT2D eigenvalue weighted by Crippen LogP contribution is 2.38. The summed E-state index contributed by atoms with van der Waals surface area (Å²) in [5, 5.41) is 24.8. The number of benzene rings is 2. The van der Waals surface area contributed by atoms with Crippen LogP contribution in [0.5, 0.6) is 0 Å². The molecule has 2 aromatic rings. The predicted octanol–water partition coefficient (Wildman–Crippen LogP) is 4.76. The molecule has 0 fully saturated rings. The lowest BCUT2D eigenvalue weighted by atomic mass is 9.92. The molecule has 6 heteroatoms. The van der Waals surface area contributed by atoms with Crippen LogP contribution in [0.3, 0.4) is 0 Å². The van der Waals surface area contributed by atoms with Crippen molar-refractivity contribution in [2.45, 2.75) is 25.9 Å². The molecule has 0 aromatic heterocycles. The second kappa shape index (κ2) is 5.72. The summed E-state index contributed by atoms with van der Waals surface area (Å²) in [6, 6.07) is 13.1. The maximum Gasteiger partial charge on any atom is 0.335 e. The monoisotopic (exact) mass is 308 g/mol. The zero-order valence-corrected chi connectivity index (χ0v) is 12.9. The van der Waals surface area contributed by atoms with Gasteiger partial charge in [0.25, 0.3) is 0 Å². The first-order valence-corrected chi connectivity index (χ1v) is 7.34. The molecule has 1 N–H and O–H groups in total. The van der Waals surface area contributed by atoms with E-state index in [9.17, 15) is 9.90 Å². The zero-order valence-electron chi connectivity index (χ0n) is 12.9. The smallest absolute Gasteiger partial charge is 0.335 e. The Hall–Kier alpha value is -2.89. The van der Waals surface area contributed by atoms with E-state index in [1.54, 1.807) is 12.1 Å². The Kier molecular flexibility index (Phi) is 3.73. The molecule has 6 nitrogen and oxygen atoms in total. The first kappa shape index (κ1) is 15.0. The van der Waals surface area contributed by atoms with Crippen LogP contribution in [0.25, 0.3) is 11.1 Å². The van der Waals surface area contributed by atoms with Gasteiger partial charge in [-0.2, -0.15) is 0 Å². The number of hydrogen-bond donors (Lipinski definition) is 1. The summed E-state index contributed by atoms with van der Waals surface area (Å²) in [4.78, 5) is 11.5. The lowest BCUT2D eigenvalue weighted by Crippen LogP contribution is -2.18. The van der Waals surface area contributed by atoms with Gasteiger partial charge in [-0.25, -0.2) is 4.79 Å². The first-order valence-electron chi connectivity index (χ1n) is 7.34. The molecule has 0 bridgehead atoms. The van der Waals surface area contributed by atoms with Crippen LogP contribution in [0.1, 0.15) is 34.8 Å². The predicted molar refractivity (Wildman–Crippen MR) is 85.3 cm³/mol. The highest BCUT2D eigenvalue weighted by molar-refractivity contribution is 5.90. The molecule has 0 radical (unpaired) electrons. The van der Waals surface area contributed by atoms with E-state index in [-0.39, 0.29) is 5.56 Å². The number of aryl methyl sites for hydroxylation is 1. The molecule has 1 aliphatic rings. The maximum absolute atomic E-state index is 11.5. The number of carboxylic acid groups (broad SMARTS) is 1. The van der Waals surface area contributed by atoms with Crippen molar-refractivity contribution in [1.82, 2.24) is 0 Å². The SMILES string of the molecule is CCC1(c2cc(C(=O)O)cc(-c3ccc(C)cc3)c2)N=NN=N1. The number of aromatic carboxylic acids is 1. The van der Waals surface area contributed by atoms with E-state index in [2.05, 4.69) is 20.7 Å². The first-order chi connectivity index (χ1) is 11.0. The minimum Gasteiger partial charge on any atom is -0.478 e. The van der Waals surface area contributed by atoms with Crippen molar-refractivity contribution >= 4 is 5.97 Å². The summed E-state index contributed by atoms with van der Waals surface area (Å²) < 4.78 is 0. The van der Waals surface area contributed by atoms with Crippen molar-refractivity contribution in [3.63, 3.8) is 0 Å². The van der Waals surface area contributed by atoms with Gasteiger partial charge in [0.1, 0.15) is 0 Å². The Labute approximate surface area is 133 Å². The Morgan fingerprint density at radius 1 is 1.04 bits per heavy atom. The number of carboxylic acids is 1. The molecule has 0 amide bonds. The topological polar surface area (TPSA) is 86.7 Å². The lowest BCUT2D eigenvalue weighted by molar-refractivity contribution is 0.0696. The molecule has 0 atom stereocenters. The fourth-order valence-corrected chi connectivity index (χ4v) is 2.56. The van der Waals surface area contributed by atoms with E-state index in [0.29, 0.717) is 12.0 Å². The van der Waals surface area contributed by atoms with Crippen LogP contribution in [0.15, 0.2) is 63.1 Å². The summed E-state index contributed by atoms with van der Waals surface area (Å²) in [7, 11) is 0. The van der Waals surface area contributed by atoms with Crippen molar-refractivity contribution in [2.75, 3.05) is 0 Å². The fraction of sp³-hybridized carbons (Fsp3) is 0.235. The highest BCUT2D eigenvalue weighted by Gasteiger charge is 2.34. The molecule has 0 unspecified atom stereocenters. The minimum absolute atomic E-state index is 0.197. The van der Waals surface area contributed by atoms with Gasteiger partial charge in [-0.15, -0.1) is 10.2 Å². The van der Waals surface area contributed by atoms with Crippen molar-refractivity contribution in [3.05, 3.63) is 59.2 Å². The summed E-state index contributed by atoms with van der Waals surface area (Å²) in [6.07, 6.45) is 0.552. The summed E-state index contributed by atoms with van der Waals surface area (Å²) in [5.41, 5.74) is 2.85. The Balaban J connectivity index is 2.18. The molecular formula is C17H16N4O2. The second-order valence-electron chi connectivity index (χ2n) is 5.52. The summed E-state index contributed by atoms with van der Waals surface area (Å²) in [6.45, 7) is 3.93.